The van der Waals surface area contributed by atoms with E-state index in [4.69, 9.17) is 9.47 Å². The van der Waals surface area contributed by atoms with Crippen molar-refractivity contribution in [3.05, 3.63) is 54.1 Å². The average Bonchev–Trinajstić information content (AvgIpc) is 3.05. The van der Waals surface area contributed by atoms with Crippen LogP contribution >= 0.6 is 0 Å². The van der Waals surface area contributed by atoms with E-state index < -0.39 is 0 Å². The third-order valence-corrected chi connectivity index (χ3v) is 3.53. The van der Waals surface area contributed by atoms with E-state index in [0.29, 0.717) is 6.79 Å². The van der Waals surface area contributed by atoms with Crippen molar-refractivity contribution in [3.63, 3.8) is 0 Å². The maximum absolute atomic E-state index is 11.4. The molecule has 1 N–H and O–H groups in total. The normalized spacial score (nSPS) is 13.4. The number of unbranched alkanes of at least 4 members (excludes halogenated alkanes) is 2. The molecular weight excluding hydrogens is 302 g/mol. The number of nitrogens with one attached hydrogen (secondary N) is 1. The van der Waals surface area contributed by atoms with Gasteiger partial charge in [-0.15, -0.1) is 0 Å². The predicted molar refractivity (Wildman–Crippen MR) is 97.0 cm³/mol. The van der Waals surface area contributed by atoms with Crippen molar-refractivity contribution in [2.45, 2.75) is 32.6 Å². The molecule has 1 aromatic carbocycles. The van der Waals surface area contributed by atoms with E-state index >= 15 is 0 Å². The number of allylic oxidation sites excluding steroid dienone is 4. The van der Waals surface area contributed by atoms with Crippen LogP contribution in [0.1, 0.15) is 38.2 Å². The fourth-order valence-electron chi connectivity index (χ4n) is 2.19. The molecule has 0 spiro atoms. The molecule has 1 aromatic rings. The van der Waals surface area contributed by atoms with Gasteiger partial charge in [0.1, 0.15) is 0 Å². The minimum absolute atomic E-state index is 0.0317. The van der Waals surface area contributed by atoms with Gasteiger partial charge in [0.05, 0.1) is 0 Å². The first kappa shape index (κ1) is 17.9. The van der Waals surface area contributed by atoms with E-state index in [1.54, 1.807) is 12.2 Å². The van der Waals surface area contributed by atoms with Crippen molar-refractivity contribution < 1.29 is 14.3 Å². The van der Waals surface area contributed by atoms with Crippen LogP contribution in [0.3, 0.4) is 0 Å². The van der Waals surface area contributed by atoms with Crippen LogP contribution in [0.2, 0.25) is 0 Å². The summed E-state index contributed by atoms with van der Waals surface area (Å²) in [6.07, 6.45) is 15.5. The molecule has 0 fully saturated rings. The van der Waals surface area contributed by atoms with Crippen molar-refractivity contribution in [1.82, 2.24) is 5.32 Å². The molecule has 0 saturated carbocycles. The summed E-state index contributed by atoms with van der Waals surface area (Å²) in [6, 6.07) is 5.92. The Balaban J connectivity index is 1.62. The molecule has 0 aliphatic carbocycles. The predicted octanol–water partition coefficient (Wildman–Crippen LogP) is 4.24. The molecule has 0 saturated heterocycles. The van der Waals surface area contributed by atoms with Gasteiger partial charge in [-0.2, -0.15) is 0 Å². The molecule has 24 heavy (non-hydrogen) atoms. The average molecular weight is 327 g/mol. The fourth-order valence-corrected chi connectivity index (χ4v) is 2.19. The first-order valence-electron chi connectivity index (χ1n) is 8.47. The van der Waals surface area contributed by atoms with Crippen LogP contribution in [0.15, 0.2) is 48.6 Å². The standard InChI is InChI=1S/C20H25NO3/c1-2-3-14-21-20(22)11-9-7-5-4-6-8-10-17-12-13-18-19(15-17)24-16-23-18/h5,7-13,15H,2-4,6,14,16H2,1H3,(H,21,22)/b7-5+,10-8+,11-9+. The van der Waals surface area contributed by atoms with Gasteiger partial charge in [0.15, 0.2) is 11.5 Å². The number of carbonyl (C=O) groups excluding carboxylic acids is 1. The highest BCUT2D eigenvalue weighted by Crippen LogP contribution is 2.32. The van der Waals surface area contributed by atoms with Crippen LogP contribution in [0, 0.1) is 0 Å². The van der Waals surface area contributed by atoms with Gasteiger partial charge < -0.3 is 14.8 Å². The third-order valence-electron chi connectivity index (χ3n) is 3.53. The van der Waals surface area contributed by atoms with Gasteiger partial charge in [-0.25, -0.2) is 0 Å². The van der Waals surface area contributed by atoms with Crippen molar-refractivity contribution in [3.8, 4) is 11.5 Å². The zero-order valence-corrected chi connectivity index (χ0v) is 14.2. The monoisotopic (exact) mass is 327 g/mol. The van der Waals surface area contributed by atoms with Crippen LogP contribution in [0.4, 0.5) is 0 Å². The molecule has 0 aromatic heterocycles. The van der Waals surface area contributed by atoms with Gasteiger partial charge in [-0.05, 0) is 37.0 Å². The quantitative estimate of drug-likeness (QED) is 0.419. The molecule has 0 atom stereocenters. The molecule has 2 rings (SSSR count). The summed E-state index contributed by atoms with van der Waals surface area (Å²) in [5, 5.41) is 2.84. The Morgan fingerprint density at radius 2 is 2.00 bits per heavy atom. The lowest BCUT2D eigenvalue weighted by atomic mass is 10.1. The summed E-state index contributed by atoms with van der Waals surface area (Å²) in [7, 11) is 0. The van der Waals surface area contributed by atoms with Gasteiger partial charge >= 0.3 is 0 Å². The number of rotatable bonds is 9. The Hall–Kier alpha value is -2.49. The second kappa shape index (κ2) is 10.3. The van der Waals surface area contributed by atoms with Gasteiger partial charge in [0.25, 0.3) is 0 Å². The number of benzene rings is 1. The number of carbonyl (C=O) groups is 1. The van der Waals surface area contributed by atoms with Crippen molar-refractivity contribution in [2.75, 3.05) is 13.3 Å². The minimum atomic E-state index is -0.0317. The zero-order valence-electron chi connectivity index (χ0n) is 14.2. The molecule has 0 radical (unpaired) electrons. The molecule has 0 unspecified atom stereocenters. The molecule has 4 nitrogen and oxygen atoms in total. The summed E-state index contributed by atoms with van der Waals surface area (Å²) in [5.74, 6) is 1.58. The van der Waals surface area contributed by atoms with Crippen molar-refractivity contribution in [2.24, 2.45) is 0 Å². The van der Waals surface area contributed by atoms with E-state index in [2.05, 4.69) is 30.5 Å². The van der Waals surface area contributed by atoms with E-state index in [0.717, 1.165) is 49.3 Å². The first-order valence-corrected chi connectivity index (χ1v) is 8.47. The Morgan fingerprint density at radius 1 is 1.17 bits per heavy atom. The van der Waals surface area contributed by atoms with Crippen LogP contribution in [-0.2, 0) is 4.79 Å². The topological polar surface area (TPSA) is 47.6 Å². The Labute approximate surface area is 143 Å². The fraction of sp³-hybridized carbons (Fsp3) is 0.350. The lowest BCUT2D eigenvalue weighted by molar-refractivity contribution is -0.116. The minimum Gasteiger partial charge on any atom is -0.454 e. The first-order chi connectivity index (χ1) is 11.8. The molecular formula is C20H25NO3. The van der Waals surface area contributed by atoms with E-state index in [9.17, 15) is 4.79 Å². The number of hydrogen-bond acceptors (Lipinski definition) is 3. The molecule has 1 heterocycles. The van der Waals surface area contributed by atoms with Crippen LogP contribution in [0.25, 0.3) is 6.08 Å². The zero-order chi connectivity index (χ0) is 17.0. The Bertz CT molecular complexity index is 617. The maximum atomic E-state index is 11.4. The van der Waals surface area contributed by atoms with E-state index in [-0.39, 0.29) is 5.91 Å². The van der Waals surface area contributed by atoms with Gasteiger partial charge in [0, 0.05) is 12.6 Å². The molecule has 0 bridgehead atoms. The molecule has 1 aliphatic rings. The van der Waals surface area contributed by atoms with Crippen molar-refractivity contribution in [1.29, 1.82) is 0 Å². The molecule has 1 aliphatic heterocycles. The number of ether oxygens (including phenoxy) is 2. The van der Waals surface area contributed by atoms with Gasteiger partial charge in [-0.1, -0.05) is 49.8 Å². The highest BCUT2D eigenvalue weighted by molar-refractivity contribution is 5.87. The summed E-state index contributed by atoms with van der Waals surface area (Å²) < 4.78 is 10.6. The second-order valence-electron chi connectivity index (χ2n) is 5.52. The highest BCUT2D eigenvalue weighted by atomic mass is 16.7. The highest BCUT2D eigenvalue weighted by Gasteiger charge is 2.11. The van der Waals surface area contributed by atoms with Crippen LogP contribution < -0.4 is 14.8 Å². The van der Waals surface area contributed by atoms with Crippen molar-refractivity contribution >= 4 is 12.0 Å². The summed E-state index contributed by atoms with van der Waals surface area (Å²) in [5.41, 5.74) is 1.10. The van der Waals surface area contributed by atoms with E-state index in [1.165, 1.54) is 0 Å². The number of hydrogen-bond donors (Lipinski definition) is 1. The lowest BCUT2D eigenvalue weighted by Gasteiger charge is -1.98. The van der Waals surface area contributed by atoms with Gasteiger partial charge in [0.2, 0.25) is 12.7 Å². The van der Waals surface area contributed by atoms with Crippen LogP contribution in [-0.4, -0.2) is 19.2 Å². The Morgan fingerprint density at radius 3 is 2.88 bits per heavy atom. The Kier molecular flexibility index (Phi) is 7.68. The van der Waals surface area contributed by atoms with Gasteiger partial charge in [-0.3, -0.25) is 4.79 Å². The van der Waals surface area contributed by atoms with Crippen LogP contribution in [0.5, 0.6) is 11.5 Å². The molecule has 4 heteroatoms. The maximum Gasteiger partial charge on any atom is 0.243 e. The molecule has 1 amide bonds. The smallest absolute Gasteiger partial charge is 0.243 e. The summed E-state index contributed by atoms with van der Waals surface area (Å²) >= 11 is 0. The third kappa shape index (κ3) is 6.32. The second-order valence-corrected chi connectivity index (χ2v) is 5.52. The lowest BCUT2D eigenvalue weighted by Crippen LogP contribution is -2.21. The summed E-state index contributed by atoms with van der Waals surface area (Å²) in [4.78, 5) is 11.4. The summed E-state index contributed by atoms with van der Waals surface area (Å²) in [6.45, 7) is 3.15. The number of fused-ring (bicyclic) bond motifs is 1. The SMILES string of the molecule is CCCCNC(=O)/C=C/C=C/CC/C=C/c1ccc2c(c1)OCO2. The largest absolute Gasteiger partial charge is 0.454 e. The molecule has 128 valence electrons. The van der Waals surface area contributed by atoms with E-state index in [1.807, 2.05) is 24.3 Å². The number of amides is 1.